The number of aliphatic hydroxyl groups is 1. The lowest BCUT2D eigenvalue weighted by molar-refractivity contribution is -0.147. The van der Waals surface area contributed by atoms with Crippen molar-refractivity contribution in [1.29, 1.82) is 0 Å². The third-order valence-corrected chi connectivity index (χ3v) is 0.979. The fraction of sp³-hybridized carbons (Fsp3) is 0.571. The number of carbonyl (C=O) groups excluding carboxylic acids is 1. The van der Waals surface area contributed by atoms with E-state index >= 15 is 0 Å². The van der Waals surface area contributed by atoms with Gasteiger partial charge in [0.25, 0.3) is 0 Å². The molecule has 0 saturated heterocycles. The number of aliphatic hydroxyl groups excluding tert-OH is 1. The summed E-state index contributed by atoms with van der Waals surface area (Å²) in [6, 6.07) is 0. The molecule has 0 rings (SSSR count). The summed E-state index contributed by atoms with van der Waals surface area (Å²) in [6.45, 7) is 3.44. The number of carbonyl (C=O) groups is 1. The molecule has 0 spiro atoms. The second kappa shape index (κ2) is 4.99. The third kappa shape index (κ3) is 3.25. The van der Waals surface area contributed by atoms with Crippen LogP contribution >= 0.6 is 0 Å². The molecule has 3 nitrogen and oxygen atoms in total. The van der Waals surface area contributed by atoms with E-state index in [4.69, 9.17) is 5.11 Å². The van der Waals surface area contributed by atoms with E-state index in [1.165, 1.54) is 6.26 Å². The normalized spacial score (nSPS) is 13.5. The Morgan fingerprint density at radius 2 is 2.40 bits per heavy atom. The summed E-state index contributed by atoms with van der Waals surface area (Å²) in [5, 5.41) is 8.84. The van der Waals surface area contributed by atoms with Gasteiger partial charge in [0, 0.05) is 0 Å². The highest BCUT2D eigenvalue weighted by Crippen LogP contribution is 1.93. The maximum Gasteiger partial charge on any atom is 0.339 e. The number of esters is 1. The summed E-state index contributed by atoms with van der Waals surface area (Å²) in [5.41, 5.74) is 0. The smallest absolute Gasteiger partial charge is 0.339 e. The lowest BCUT2D eigenvalue weighted by Crippen LogP contribution is -2.19. The van der Waals surface area contributed by atoms with Gasteiger partial charge in [-0.15, -0.1) is 0 Å². The number of allylic oxidation sites excluding steroid dienone is 1. The Kier molecular flexibility index (Phi) is 4.58. The molecular weight excluding hydrogens is 132 g/mol. The van der Waals surface area contributed by atoms with Crippen molar-refractivity contribution >= 4 is 5.97 Å². The van der Waals surface area contributed by atoms with E-state index in [-0.39, 0.29) is 0 Å². The lowest BCUT2D eigenvalue weighted by Gasteiger charge is -2.02. The Morgan fingerprint density at radius 3 is 2.80 bits per heavy atom. The SMILES string of the molecule is CC=COC(=O)C(O)CC. The summed E-state index contributed by atoms with van der Waals surface area (Å²) in [4.78, 5) is 10.6. The van der Waals surface area contributed by atoms with Crippen molar-refractivity contribution in [2.75, 3.05) is 0 Å². The first kappa shape index (κ1) is 9.17. The molecule has 0 bridgehead atoms. The number of rotatable bonds is 3. The highest BCUT2D eigenvalue weighted by molar-refractivity contribution is 5.74. The van der Waals surface area contributed by atoms with Crippen molar-refractivity contribution in [3.05, 3.63) is 12.3 Å². The minimum atomic E-state index is -0.990. The summed E-state index contributed by atoms with van der Waals surface area (Å²) in [5.74, 6) is -0.597. The minimum Gasteiger partial charge on any atom is -0.433 e. The molecule has 0 aliphatic rings. The summed E-state index contributed by atoms with van der Waals surface area (Å²) in [7, 11) is 0. The van der Waals surface area contributed by atoms with E-state index in [0.29, 0.717) is 6.42 Å². The number of hydrogen-bond acceptors (Lipinski definition) is 3. The van der Waals surface area contributed by atoms with Crippen LogP contribution in [0, 0.1) is 0 Å². The van der Waals surface area contributed by atoms with Gasteiger partial charge in [0.2, 0.25) is 0 Å². The molecule has 1 unspecified atom stereocenters. The molecule has 10 heavy (non-hydrogen) atoms. The molecule has 0 saturated carbocycles. The Hall–Kier alpha value is -0.830. The van der Waals surface area contributed by atoms with Crippen LogP contribution in [-0.2, 0) is 9.53 Å². The van der Waals surface area contributed by atoms with Crippen LogP contribution in [0.15, 0.2) is 12.3 Å². The highest BCUT2D eigenvalue weighted by atomic mass is 16.5. The molecule has 0 aromatic rings. The molecule has 0 heterocycles. The van der Waals surface area contributed by atoms with Crippen LogP contribution in [0.3, 0.4) is 0 Å². The van der Waals surface area contributed by atoms with Gasteiger partial charge >= 0.3 is 5.97 Å². The van der Waals surface area contributed by atoms with Gasteiger partial charge in [-0.3, -0.25) is 0 Å². The molecule has 0 radical (unpaired) electrons. The van der Waals surface area contributed by atoms with Gasteiger partial charge in [-0.2, -0.15) is 0 Å². The zero-order valence-corrected chi connectivity index (χ0v) is 6.20. The summed E-state index contributed by atoms with van der Waals surface area (Å²) < 4.78 is 4.47. The lowest BCUT2D eigenvalue weighted by atomic mass is 10.3. The Labute approximate surface area is 60.3 Å². The van der Waals surface area contributed by atoms with E-state index in [1.54, 1.807) is 19.9 Å². The van der Waals surface area contributed by atoms with Crippen molar-refractivity contribution in [2.24, 2.45) is 0 Å². The fourth-order valence-corrected chi connectivity index (χ4v) is 0.380. The van der Waals surface area contributed by atoms with Crippen molar-refractivity contribution in [3.8, 4) is 0 Å². The predicted octanol–water partition coefficient (Wildman–Crippen LogP) is 0.834. The van der Waals surface area contributed by atoms with Crippen LogP contribution in [-0.4, -0.2) is 17.2 Å². The van der Waals surface area contributed by atoms with Gasteiger partial charge in [-0.1, -0.05) is 13.0 Å². The Balaban J connectivity index is 3.62. The molecule has 0 aliphatic heterocycles. The number of ether oxygens (including phenoxy) is 1. The van der Waals surface area contributed by atoms with E-state index in [2.05, 4.69) is 4.74 Å². The van der Waals surface area contributed by atoms with E-state index in [1.807, 2.05) is 0 Å². The average molecular weight is 144 g/mol. The maximum atomic E-state index is 10.6. The molecule has 0 aromatic carbocycles. The highest BCUT2D eigenvalue weighted by Gasteiger charge is 2.11. The zero-order chi connectivity index (χ0) is 7.98. The largest absolute Gasteiger partial charge is 0.433 e. The Morgan fingerprint density at radius 1 is 1.80 bits per heavy atom. The van der Waals surface area contributed by atoms with E-state index < -0.39 is 12.1 Å². The van der Waals surface area contributed by atoms with Gasteiger partial charge in [-0.05, 0) is 13.3 Å². The molecule has 58 valence electrons. The van der Waals surface area contributed by atoms with Gasteiger partial charge in [0.15, 0.2) is 6.10 Å². The zero-order valence-electron chi connectivity index (χ0n) is 6.20. The first-order valence-electron chi connectivity index (χ1n) is 3.22. The first-order chi connectivity index (χ1) is 4.72. The molecule has 0 aliphatic carbocycles. The van der Waals surface area contributed by atoms with Crippen molar-refractivity contribution in [2.45, 2.75) is 26.4 Å². The second-order valence-electron chi connectivity index (χ2n) is 1.83. The summed E-state index contributed by atoms with van der Waals surface area (Å²) in [6.07, 6.45) is 2.23. The fourth-order valence-electron chi connectivity index (χ4n) is 0.380. The van der Waals surface area contributed by atoms with E-state index in [0.717, 1.165) is 0 Å². The van der Waals surface area contributed by atoms with Crippen LogP contribution in [0.5, 0.6) is 0 Å². The first-order valence-corrected chi connectivity index (χ1v) is 3.22. The summed E-state index contributed by atoms with van der Waals surface area (Å²) >= 11 is 0. The van der Waals surface area contributed by atoms with E-state index in [9.17, 15) is 4.79 Å². The van der Waals surface area contributed by atoms with Crippen LogP contribution < -0.4 is 0 Å². The van der Waals surface area contributed by atoms with Gasteiger partial charge in [0.05, 0.1) is 6.26 Å². The molecule has 1 atom stereocenters. The average Bonchev–Trinajstić information content (AvgIpc) is 1.98. The molecule has 1 N–H and O–H groups in total. The van der Waals surface area contributed by atoms with Crippen molar-refractivity contribution in [3.63, 3.8) is 0 Å². The van der Waals surface area contributed by atoms with Gasteiger partial charge < -0.3 is 9.84 Å². The van der Waals surface area contributed by atoms with Gasteiger partial charge in [-0.25, -0.2) is 4.79 Å². The molecule has 0 fully saturated rings. The van der Waals surface area contributed by atoms with Gasteiger partial charge in [0.1, 0.15) is 0 Å². The quantitative estimate of drug-likeness (QED) is 0.471. The minimum absolute atomic E-state index is 0.385. The topological polar surface area (TPSA) is 46.5 Å². The second-order valence-corrected chi connectivity index (χ2v) is 1.83. The molecular formula is C7H12O3. The number of hydrogen-bond donors (Lipinski definition) is 1. The standard InChI is InChI=1S/C7H12O3/c1-3-5-10-7(9)6(8)4-2/h3,5-6,8H,4H2,1-2H3. The van der Waals surface area contributed by atoms with Crippen LogP contribution in [0.4, 0.5) is 0 Å². The maximum absolute atomic E-state index is 10.6. The van der Waals surface area contributed by atoms with Crippen molar-refractivity contribution in [1.82, 2.24) is 0 Å². The van der Waals surface area contributed by atoms with Crippen LogP contribution in [0.1, 0.15) is 20.3 Å². The van der Waals surface area contributed by atoms with Crippen LogP contribution in [0.2, 0.25) is 0 Å². The van der Waals surface area contributed by atoms with Crippen LogP contribution in [0.25, 0.3) is 0 Å². The molecule has 3 heteroatoms. The molecule has 0 aromatic heterocycles. The van der Waals surface area contributed by atoms with Crippen molar-refractivity contribution < 1.29 is 14.6 Å². The predicted molar refractivity (Wildman–Crippen MR) is 37.2 cm³/mol. The molecule has 0 amide bonds. The Bertz CT molecular complexity index is 129. The third-order valence-electron chi connectivity index (χ3n) is 0.979. The monoisotopic (exact) mass is 144 g/mol.